The van der Waals surface area contributed by atoms with Gasteiger partial charge in [0.1, 0.15) is 10.6 Å². The minimum atomic E-state index is -0.443. The third-order valence-electron chi connectivity index (χ3n) is 2.45. The Balaban J connectivity index is 3.04. The van der Waals surface area contributed by atoms with E-state index in [9.17, 15) is 9.90 Å². The first-order chi connectivity index (χ1) is 7.52. The molecule has 1 aromatic heterocycles. The van der Waals surface area contributed by atoms with Crippen LogP contribution in [0.4, 0.5) is 0 Å². The molecule has 0 saturated heterocycles. The summed E-state index contributed by atoms with van der Waals surface area (Å²) in [5.74, 6) is 0.199. The highest BCUT2D eigenvalue weighted by Crippen LogP contribution is 2.37. The van der Waals surface area contributed by atoms with Crippen LogP contribution in [0.25, 0.3) is 0 Å². The van der Waals surface area contributed by atoms with E-state index in [2.05, 4.69) is 20.8 Å². The summed E-state index contributed by atoms with van der Waals surface area (Å²) in [7, 11) is 0. The van der Waals surface area contributed by atoms with Crippen molar-refractivity contribution >= 4 is 17.1 Å². The minimum absolute atomic E-state index is 0.0140. The van der Waals surface area contributed by atoms with Crippen molar-refractivity contribution in [3.05, 3.63) is 15.8 Å². The topological polar surface area (TPSA) is 37.3 Å². The van der Waals surface area contributed by atoms with E-state index >= 15 is 0 Å². The normalized spacial score (nSPS) is 12.8. The fourth-order valence-corrected chi connectivity index (χ4v) is 2.70. The second-order valence-corrected chi connectivity index (χ2v) is 7.63. The smallest absolute Gasteiger partial charge is 0.181 e. The van der Waals surface area contributed by atoms with Crippen LogP contribution in [0, 0.1) is 10.8 Å². The van der Waals surface area contributed by atoms with E-state index in [1.807, 2.05) is 26.2 Å². The molecule has 3 heteroatoms. The minimum Gasteiger partial charge on any atom is -0.506 e. The summed E-state index contributed by atoms with van der Waals surface area (Å²) < 4.78 is 0. The zero-order chi connectivity index (χ0) is 13.4. The van der Waals surface area contributed by atoms with E-state index in [-0.39, 0.29) is 16.9 Å². The van der Waals surface area contributed by atoms with Crippen molar-refractivity contribution in [2.75, 3.05) is 0 Å². The lowest BCUT2D eigenvalue weighted by atomic mass is 9.87. The van der Waals surface area contributed by atoms with Gasteiger partial charge in [-0.15, -0.1) is 11.3 Å². The fraction of sp³-hybridized carbons (Fsp3) is 0.643. The Labute approximate surface area is 108 Å². The van der Waals surface area contributed by atoms with Gasteiger partial charge in [0.2, 0.25) is 0 Å². The second kappa shape index (κ2) is 4.45. The van der Waals surface area contributed by atoms with E-state index in [4.69, 9.17) is 0 Å². The van der Waals surface area contributed by atoms with Crippen LogP contribution in [-0.2, 0) is 6.42 Å². The van der Waals surface area contributed by atoms with Gasteiger partial charge in [0.25, 0.3) is 0 Å². The number of ketones is 1. The lowest BCUT2D eigenvalue weighted by molar-refractivity contribution is 0.0860. The van der Waals surface area contributed by atoms with Crippen LogP contribution < -0.4 is 0 Å². The highest BCUT2D eigenvalue weighted by atomic mass is 32.1. The monoisotopic (exact) mass is 254 g/mol. The molecule has 1 heterocycles. The fourth-order valence-electron chi connectivity index (χ4n) is 1.59. The number of hydrogen-bond acceptors (Lipinski definition) is 3. The van der Waals surface area contributed by atoms with Gasteiger partial charge in [0.15, 0.2) is 5.78 Å². The van der Waals surface area contributed by atoms with E-state index < -0.39 is 5.41 Å². The molecule has 0 aromatic carbocycles. The van der Waals surface area contributed by atoms with E-state index in [0.29, 0.717) is 4.88 Å². The number of carbonyl (C=O) groups excluding carboxylic acids is 1. The number of thiophene rings is 1. The zero-order valence-corrected chi connectivity index (χ0v) is 12.4. The van der Waals surface area contributed by atoms with Gasteiger partial charge in [-0.25, -0.2) is 0 Å². The standard InChI is InChI=1S/C14H22O2S/c1-13(2,3)7-9-8-17-11(10(9)15)12(16)14(4,5)6/h8,15H,7H2,1-6H3. The molecule has 1 rings (SSSR count). The maximum atomic E-state index is 12.1. The van der Waals surface area contributed by atoms with Gasteiger partial charge in [-0.1, -0.05) is 41.5 Å². The van der Waals surface area contributed by atoms with Gasteiger partial charge in [-0.2, -0.15) is 0 Å². The predicted molar refractivity (Wildman–Crippen MR) is 72.9 cm³/mol. The van der Waals surface area contributed by atoms with Crippen LogP contribution in [0.3, 0.4) is 0 Å². The van der Waals surface area contributed by atoms with Crippen molar-refractivity contribution in [3.8, 4) is 5.75 Å². The maximum Gasteiger partial charge on any atom is 0.181 e. The molecule has 0 aliphatic carbocycles. The zero-order valence-electron chi connectivity index (χ0n) is 11.5. The van der Waals surface area contributed by atoms with E-state index in [1.165, 1.54) is 11.3 Å². The summed E-state index contributed by atoms with van der Waals surface area (Å²) in [6.07, 6.45) is 0.784. The molecule has 17 heavy (non-hydrogen) atoms. The number of carbonyl (C=O) groups is 1. The van der Waals surface area contributed by atoms with Crippen molar-refractivity contribution in [2.45, 2.75) is 48.0 Å². The van der Waals surface area contributed by atoms with Crippen LogP contribution in [0.2, 0.25) is 0 Å². The molecule has 0 unspecified atom stereocenters. The van der Waals surface area contributed by atoms with Crippen LogP contribution >= 0.6 is 11.3 Å². The van der Waals surface area contributed by atoms with Gasteiger partial charge in [-0.3, -0.25) is 4.79 Å². The number of Topliss-reactive ketones (excluding diaryl/α,β-unsaturated/α-hetero) is 1. The van der Waals surface area contributed by atoms with Gasteiger partial charge in [0, 0.05) is 11.0 Å². The Hall–Kier alpha value is -0.830. The SMILES string of the molecule is CC(C)(C)Cc1csc(C(=O)C(C)(C)C)c1O. The Morgan fingerprint density at radius 2 is 1.76 bits per heavy atom. The van der Waals surface area contributed by atoms with Gasteiger partial charge >= 0.3 is 0 Å². The Morgan fingerprint density at radius 3 is 2.18 bits per heavy atom. The van der Waals surface area contributed by atoms with E-state index in [0.717, 1.165) is 12.0 Å². The number of hydrogen-bond donors (Lipinski definition) is 1. The summed E-state index contributed by atoms with van der Waals surface area (Å²) in [5.41, 5.74) is 0.553. The summed E-state index contributed by atoms with van der Waals surface area (Å²) in [5, 5.41) is 12.0. The van der Waals surface area contributed by atoms with Crippen molar-refractivity contribution in [3.63, 3.8) is 0 Å². The molecule has 0 atom stereocenters. The van der Waals surface area contributed by atoms with Gasteiger partial charge in [0.05, 0.1) is 0 Å². The lowest BCUT2D eigenvalue weighted by Crippen LogP contribution is -2.19. The summed E-state index contributed by atoms with van der Waals surface area (Å²) in [6.45, 7) is 12.0. The first kappa shape index (κ1) is 14.2. The van der Waals surface area contributed by atoms with Crippen molar-refractivity contribution in [1.29, 1.82) is 0 Å². The summed E-state index contributed by atoms with van der Waals surface area (Å²) in [4.78, 5) is 12.6. The molecule has 0 aliphatic heterocycles. The molecule has 0 bridgehead atoms. The maximum absolute atomic E-state index is 12.1. The number of rotatable bonds is 2. The van der Waals surface area contributed by atoms with Crippen molar-refractivity contribution in [1.82, 2.24) is 0 Å². The summed E-state index contributed by atoms with van der Waals surface area (Å²) >= 11 is 1.35. The average Bonchev–Trinajstić information content (AvgIpc) is 2.43. The van der Waals surface area contributed by atoms with Crippen molar-refractivity contribution in [2.24, 2.45) is 10.8 Å². The Morgan fingerprint density at radius 1 is 1.24 bits per heavy atom. The van der Waals surface area contributed by atoms with Gasteiger partial charge < -0.3 is 5.11 Å². The predicted octanol–water partition coefficient (Wildman–Crippen LogP) is 4.27. The average molecular weight is 254 g/mol. The first-order valence-corrected chi connectivity index (χ1v) is 6.74. The third-order valence-corrected chi connectivity index (χ3v) is 3.46. The van der Waals surface area contributed by atoms with Crippen molar-refractivity contribution < 1.29 is 9.90 Å². The second-order valence-electron chi connectivity index (χ2n) is 6.76. The number of aromatic hydroxyl groups is 1. The van der Waals surface area contributed by atoms with Crippen LogP contribution in [0.1, 0.15) is 56.8 Å². The summed E-state index contributed by atoms with van der Waals surface area (Å²) in [6, 6.07) is 0. The highest BCUT2D eigenvalue weighted by molar-refractivity contribution is 7.12. The molecule has 0 radical (unpaired) electrons. The molecule has 0 fully saturated rings. The Bertz CT molecular complexity index is 416. The molecule has 2 nitrogen and oxygen atoms in total. The molecule has 1 N–H and O–H groups in total. The first-order valence-electron chi connectivity index (χ1n) is 5.86. The molecule has 96 valence electrons. The van der Waals surface area contributed by atoms with E-state index in [1.54, 1.807) is 0 Å². The molecule has 1 aromatic rings. The van der Waals surface area contributed by atoms with Crippen LogP contribution in [0.15, 0.2) is 5.38 Å². The molecule has 0 saturated carbocycles. The quantitative estimate of drug-likeness (QED) is 0.800. The van der Waals surface area contributed by atoms with Crippen LogP contribution in [0.5, 0.6) is 5.75 Å². The largest absolute Gasteiger partial charge is 0.506 e. The molecule has 0 spiro atoms. The van der Waals surface area contributed by atoms with Crippen LogP contribution in [-0.4, -0.2) is 10.9 Å². The van der Waals surface area contributed by atoms with Gasteiger partial charge in [-0.05, 0) is 17.2 Å². The molecular weight excluding hydrogens is 232 g/mol. The molecule has 0 aliphatic rings. The molecular formula is C14H22O2S. The highest BCUT2D eigenvalue weighted by Gasteiger charge is 2.28. The lowest BCUT2D eigenvalue weighted by Gasteiger charge is -2.18. The third kappa shape index (κ3) is 3.56. The molecule has 0 amide bonds. The Kier molecular flexibility index (Phi) is 3.72.